The standard InChI is InChI=1S/C32H40F3N7O4S/c1-3-16-46-25-8-7-21(17-23(25)32(33,34)35)29-26(20-42-10-5-6-22(42)4-2)47-31(38-29)39-30(45)24-18-37-27(19-36-24)41-14-12-40(13-15-41)11-9-28(43)44/h7-8,17-19,22H,3-6,9-16,20H2,1-2H3,(H,43,44)(H,38,39,45)/t22-/m1/s1. The number of aliphatic carboxylic acids is 1. The number of carbonyl (C=O) groups is 2. The van der Waals surface area contributed by atoms with E-state index in [-0.39, 0.29) is 29.6 Å². The summed E-state index contributed by atoms with van der Waals surface area (Å²) in [4.78, 5) is 44.6. The Morgan fingerprint density at radius 1 is 1.11 bits per heavy atom. The van der Waals surface area contributed by atoms with Crippen molar-refractivity contribution in [3.63, 3.8) is 0 Å². The summed E-state index contributed by atoms with van der Waals surface area (Å²) >= 11 is 1.24. The minimum atomic E-state index is -4.62. The molecule has 3 aromatic rings. The third-order valence-electron chi connectivity index (χ3n) is 8.46. The Hall–Kier alpha value is -3.82. The summed E-state index contributed by atoms with van der Waals surface area (Å²) in [6, 6.07) is 4.38. The van der Waals surface area contributed by atoms with Crippen molar-refractivity contribution in [1.29, 1.82) is 0 Å². The predicted molar refractivity (Wildman–Crippen MR) is 173 cm³/mol. The third kappa shape index (κ3) is 8.76. The average Bonchev–Trinajstić information content (AvgIpc) is 3.69. The molecule has 4 heterocycles. The second kappa shape index (κ2) is 15.4. The van der Waals surface area contributed by atoms with Crippen molar-refractivity contribution < 1.29 is 32.6 Å². The summed E-state index contributed by atoms with van der Waals surface area (Å²) in [6.07, 6.45) is 2.04. The first-order valence-electron chi connectivity index (χ1n) is 16.0. The highest BCUT2D eigenvalue weighted by atomic mass is 32.1. The topological polar surface area (TPSA) is 124 Å². The molecule has 2 saturated heterocycles. The number of amides is 1. The van der Waals surface area contributed by atoms with Crippen LogP contribution in [-0.4, -0.2) is 93.7 Å². The van der Waals surface area contributed by atoms with E-state index in [2.05, 4.69) is 37.0 Å². The number of carboxylic acids is 1. The van der Waals surface area contributed by atoms with Gasteiger partial charge >= 0.3 is 12.1 Å². The zero-order valence-corrected chi connectivity index (χ0v) is 27.4. The number of alkyl halides is 3. The van der Waals surface area contributed by atoms with Crippen molar-refractivity contribution in [3.05, 3.63) is 46.7 Å². The van der Waals surface area contributed by atoms with Gasteiger partial charge in [0.15, 0.2) is 5.13 Å². The van der Waals surface area contributed by atoms with Crippen LogP contribution in [0.15, 0.2) is 30.6 Å². The van der Waals surface area contributed by atoms with Gasteiger partial charge in [0.25, 0.3) is 5.91 Å². The van der Waals surface area contributed by atoms with Gasteiger partial charge in [0.1, 0.15) is 17.3 Å². The van der Waals surface area contributed by atoms with Crippen LogP contribution in [0.1, 0.15) is 66.9 Å². The van der Waals surface area contributed by atoms with Gasteiger partial charge in [0.05, 0.1) is 36.7 Å². The molecule has 0 bridgehead atoms. The Bertz CT molecular complexity index is 1530. The number of ether oxygens (including phenoxy) is 1. The van der Waals surface area contributed by atoms with Crippen LogP contribution >= 0.6 is 11.3 Å². The number of carbonyl (C=O) groups excluding carboxylic acids is 1. The molecule has 11 nitrogen and oxygen atoms in total. The number of hydrogen-bond acceptors (Lipinski definition) is 10. The zero-order chi connectivity index (χ0) is 33.6. The number of hydrogen-bond donors (Lipinski definition) is 2. The quantitative estimate of drug-likeness (QED) is 0.236. The number of nitrogens with zero attached hydrogens (tertiary/aromatic N) is 6. The Morgan fingerprint density at radius 2 is 1.89 bits per heavy atom. The molecule has 2 fully saturated rings. The lowest BCUT2D eigenvalue weighted by molar-refractivity contribution is -0.139. The molecule has 1 amide bonds. The summed E-state index contributed by atoms with van der Waals surface area (Å²) in [6.45, 7) is 8.71. The highest BCUT2D eigenvalue weighted by molar-refractivity contribution is 7.16. The molecular weight excluding hydrogens is 635 g/mol. The summed E-state index contributed by atoms with van der Waals surface area (Å²) < 4.78 is 47.7. The first-order chi connectivity index (χ1) is 22.5. The molecule has 0 spiro atoms. The Labute approximate surface area is 275 Å². The fraction of sp³-hybridized carbons (Fsp3) is 0.531. The molecule has 0 aliphatic carbocycles. The number of piperazine rings is 1. The molecule has 1 aromatic carbocycles. The maximum absolute atomic E-state index is 14.1. The molecule has 0 unspecified atom stereocenters. The highest BCUT2D eigenvalue weighted by Gasteiger charge is 2.35. The molecule has 15 heteroatoms. The lowest BCUT2D eigenvalue weighted by Gasteiger charge is -2.34. The summed E-state index contributed by atoms with van der Waals surface area (Å²) in [5, 5.41) is 12.0. The van der Waals surface area contributed by atoms with E-state index in [0.29, 0.717) is 68.8 Å². The monoisotopic (exact) mass is 675 g/mol. The number of thiazole rings is 1. The first-order valence-corrected chi connectivity index (χ1v) is 16.8. The van der Waals surface area contributed by atoms with Gasteiger partial charge in [-0.25, -0.2) is 15.0 Å². The van der Waals surface area contributed by atoms with E-state index in [0.717, 1.165) is 36.8 Å². The number of likely N-dealkylation sites (tertiary alicyclic amines) is 1. The van der Waals surface area contributed by atoms with Crippen molar-refractivity contribution in [2.45, 2.75) is 64.7 Å². The van der Waals surface area contributed by atoms with E-state index in [1.165, 1.54) is 29.8 Å². The fourth-order valence-corrected chi connectivity index (χ4v) is 6.95. The van der Waals surface area contributed by atoms with Crippen LogP contribution in [0, 0.1) is 0 Å². The van der Waals surface area contributed by atoms with E-state index in [9.17, 15) is 22.8 Å². The number of aromatic nitrogens is 3. The Balaban J connectivity index is 1.34. The van der Waals surface area contributed by atoms with Gasteiger partial charge in [0, 0.05) is 55.8 Å². The van der Waals surface area contributed by atoms with Gasteiger partial charge in [-0.3, -0.25) is 24.7 Å². The molecule has 254 valence electrons. The molecular formula is C32H40F3N7O4S. The third-order valence-corrected chi connectivity index (χ3v) is 9.42. The van der Waals surface area contributed by atoms with Crippen molar-refractivity contribution in [1.82, 2.24) is 24.8 Å². The molecule has 2 N–H and O–H groups in total. The molecule has 5 rings (SSSR count). The van der Waals surface area contributed by atoms with E-state index >= 15 is 0 Å². The molecule has 1 atom stereocenters. The SMILES string of the molecule is CCCOc1ccc(-c2nc(NC(=O)c3cnc(N4CCN(CCC(=O)O)CC4)cn3)sc2CN2CCC[C@H]2CC)cc1C(F)(F)F. The molecule has 2 aliphatic heterocycles. The molecule has 2 aromatic heterocycles. The number of nitrogens with one attached hydrogen (secondary N) is 1. The second-order valence-electron chi connectivity index (χ2n) is 11.7. The first kappa shape index (κ1) is 34.5. The number of anilines is 2. The van der Waals surface area contributed by atoms with Crippen LogP contribution in [-0.2, 0) is 17.5 Å². The fourth-order valence-electron chi connectivity index (χ4n) is 5.94. The Kier molecular flexibility index (Phi) is 11.3. The van der Waals surface area contributed by atoms with E-state index in [1.807, 2.05) is 11.8 Å². The smallest absolute Gasteiger partial charge is 0.419 e. The predicted octanol–water partition coefficient (Wildman–Crippen LogP) is 5.63. The minimum absolute atomic E-state index is 0.0783. The van der Waals surface area contributed by atoms with Gasteiger partial charge in [-0.05, 0) is 50.4 Å². The minimum Gasteiger partial charge on any atom is -0.493 e. The maximum Gasteiger partial charge on any atom is 0.419 e. The molecule has 0 saturated carbocycles. The van der Waals surface area contributed by atoms with E-state index < -0.39 is 23.6 Å². The second-order valence-corrected chi connectivity index (χ2v) is 12.8. The van der Waals surface area contributed by atoms with Crippen molar-refractivity contribution in [2.24, 2.45) is 0 Å². The van der Waals surface area contributed by atoms with Gasteiger partial charge in [-0.2, -0.15) is 13.2 Å². The molecule has 47 heavy (non-hydrogen) atoms. The lowest BCUT2D eigenvalue weighted by Crippen LogP contribution is -2.47. The average molecular weight is 676 g/mol. The van der Waals surface area contributed by atoms with Gasteiger partial charge in [-0.1, -0.05) is 25.2 Å². The van der Waals surface area contributed by atoms with Gasteiger partial charge < -0.3 is 14.7 Å². The van der Waals surface area contributed by atoms with Crippen LogP contribution < -0.4 is 15.0 Å². The van der Waals surface area contributed by atoms with Gasteiger partial charge in [0.2, 0.25) is 0 Å². The van der Waals surface area contributed by atoms with E-state index in [1.54, 1.807) is 6.07 Å². The van der Waals surface area contributed by atoms with Crippen molar-refractivity contribution in [3.8, 4) is 17.0 Å². The zero-order valence-electron chi connectivity index (χ0n) is 26.6. The Morgan fingerprint density at radius 3 is 2.55 bits per heavy atom. The van der Waals surface area contributed by atoms with Crippen LogP contribution in [0.5, 0.6) is 5.75 Å². The van der Waals surface area contributed by atoms with Crippen LogP contribution in [0.2, 0.25) is 0 Å². The van der Waals surface area contributed by atoms with Crippen molar-refractivity contribution in [2.75, 3.05) is 56.1 Å². The van der Waals surface area contributed by atoms with Gasteiger partial charge in [-0.15, -0.1) is 0 Å². The largest absolute Gasteiger partial charge is 0.493 e. The van der Waals surface area contributed by atoms with Crippen LogP contribution in [0.3, 0.4) is 0 Å². The summed E-state index contributed by atoms with van der Waals surface area (Å²) in [5.41, 5.74) is -0.0944. The number of benzene rings is 1. The molecule has 0 radical (unpaired) electrons. The number of halogens is 3. The highest BCUT2D eigenvalue weighted by Crippen LogP contribution is 2.41. The van der Waals surface area contributed by atoms with Crippen molar-refractivity contribution >= 4 is 34.2 Å². The number of carboxylic acid groups (broad SMARTS) is 1. The van der Waals surface area contributed by atoms with Crippen LogP contribution in [0.25, 0.3) is 11.3 Å². The molecule has 2 aliphatic rings. The normalized spacial score (nSPS) is 17.6. The van der Waals surface area contributed by atoms with Crippen LogP contribution in [0.4, 0.5) is 24.1 Å². The van der Waals surface area contributed by atoms with E-state index in [4.69, 9.17) is 9.84 Å². The maximum atomic E-state index is 14.1. The summed E-state index contributed by atoms with van der Waals surface area (Å²) in [7, 11) is 0. The number of rotatable bonds is 13. The lowest BCUT2D eigenvalue weighted by atomic mass is 10.1. The summed E-state index contributed by atoms with van der Waals surface area (Å²) in [5.74, 6) is -0.959.